The van der Waals surface area contributed by atoms with E-state index in [1.807, 2.05) is 37.3 Å². The van der Waals surface area contributed by atoms with E-state index in [9.17, 15) is 27.9 Å². The highest BCUT2D eigenvalue weighted by atomic mass is 19.4. The van der Waals surface area contributed by atoms with E-state index in [1.54, 1.807) is 17.0 Å². The Balaban J connectivity index is 1.69. The average Bonchev–Trinajstić information content (AvgIpc) is 2.98. The van der Waals surface area contributed by atoms with Gasteiger partial charge in [-0.2, -0.15) is 13.2 Å². The van der Waals surface area contributed by atoms with Gasteiger partial charge in [-0.05, 0) is 18.6 Å². The highest BCUT2D eigenvalue weighted by Crippen LogP contribution is 2.48. The number of aliphatic hydroxyl groups excluding tert-OH is 1. The Kier molecular flexibility index (Phi) is 6.13. The van der Waals surface area contributed by atoms with E-state index in [1.165, 1.54) is 10.6 Å². The first-order valence-electron chi connectivity index (χ1n) is 10.7. The van der Waals surface area contributed by atoms with Gasteiger partial charge in [0.1, 0.15) is 0 Å². The molecule has 1 aromatic carbocycles. The largest absolute Gasteiger partial charge is 0.396 e. The molecule has 172 valence electrons. The minimum absolute atomic E-state index is 0.145. The van der Waals surface area contributed by atoms with Gasteiger partial charge in [-0.1, -0.05) is 36.4 Å². The summed E-state index contributed by atoms with van der Waals surface area (Å²) in [7, 11) is 0. The number of hydrogen-bond donors (Lipinski definition) is 2. The van der Waals surface area contributed by atoms with Crippen molar-refractivity contribution in [3.8, 4) is 0 Å². The molecule has 5 atom stereocenters. The van der Waals surface area contributed by atoms with Gasteiger partial charge in [0, 0.05) is 43.4 Å². The zero-order valence-electron chi connectivity index (χ0n) is 17.6. The van der Waals surface area contributed by atoms with Gasteiger partial charge in [0.25, 0.3) is 5.56 Å². The van der Waals surface area contributed by atoms with E-state index in [-0.39, 0.29) is 37.2 Å². The molecule has 0 saturated carbocycles. The number of pyridine rings is 1. The van der Waals surface area contributed by atoms with Crippen molar-refractivity contribution < 1.29 is 23.1 Å². The van der Waals surface area contributed by atoms with Crippen LogP contribution in [0, 0.1) is 11.8 Å². The van der Waals surface area contributed by atoms with Gasteiger partial charge in [0.15, 0.2) is 0 Å². The van der Waals surface area contributed by atoms with Crippen LogP contribution < -0.4 is 10.9 Å². The summed E-state index contributed by atoms with van der Waals surface area (Å²) < 4.78 is 40.6. The first-order chi connectivity index (χ1) is 15.2. The molecule has 2 aromatic rings. The van der Waals surface area contributed by atoms with Gasteiger partial charge in [0.05, 0.1) is 24.4 Å². The van der Waals surface area contributed by atoms with Crippen molar-refractivity contribution >= 4 is 5.91 Å². The Labute approximate surface area is 183 Å². The van der Waals surface area contributed by atoms with Crippen LogP contribution in [0.3, 0.4) is 0 Å². The molecule has 32 heavy (non-hydrogen) atoms. The monoisotopic (exact) mass is 449 g/mol. The maximum Gasteiger partial charge on any atom is 0.390 e. The van der Waals surface area contributed by atoms with Crippen LogP contribution >= 0.6 is 0 Å². The third-order valence-corrected chi connectivity index (χ3v) is 6.66. The van der Waals surface area contributed by atoms with Gasteiger partial charge >= 0.3 is 6.18 Å². The number of carbonyl (C=O) groups excluding carboxylic acids is 1. The van der Waals surface area contributed by atoms with Crippen molar-refractivity contribution in [3.05, 3.63) is 70.1 Å². The number of aliphatic hydroxyl groups is 1. The van der Waals surface area contributed by atoms with Crippen LogP contribution in [-0.2, 0) is 11.3 Å². The van der Waals surface area contributed by atoms with Crippen molar-refractivity contribution in [1.29, 1.82) is 0 Å². The maximum absolute atomic E-state index is 13.4. The molecule has 0 radical (unpaired) electrons. The van der Waals surface area contributed by atoms with Gasteiger partial charge < -0.3 is 15.0 Å². The number of amides is 1. The molecule has 2 bridgehead atoms. The highest BCUT2D eigenvalue weighted by molar-refractivity contribution is 5.81. The van der Waals surface area contributed by atoms with Gasteiger partial charge in [-0.25, -0.2) is 0 Å². The number of carbonyl (C=O) groups is 1. The molecule has 0 spiro atoms. The lowest BCUT2D eigenvalue weighted by molar-refractivity contribution is -0.140. The molecular weight excluding hydrogens is 423 g/mol. The topological polar surface area (TPSA) is 74.6 Å². The molecule has 1 aromatic heterocycles. The number of nitrogens with zero attached hydrogens (tertiary/aromatic N) is 2. The molecular formula is C23H26F3N3O3. The lowest BCUT2D eigenvalue weighted by Crippen LogP contribution is -2.47. The molecule has 6 nitrogen and oxygen atoms in total. The summed E-state index contributed by atoms with van der Waals surface area (Å²) in [6.45, 7) is 1.33. The van der Waals surface area contributed by atoms with E-state index in [0.29, 0.717) is 5.69 Å². The fourth-order valence-corrected chi connectivity index (χ4v) is 5.17. The van der Waals surface area contributed by atoms with Crippen molar-refractivity contribution in [2.45, 2.75) is 44.2 Å². The van der Waals surface area contributed by atoms with E-state index >= 15 is 0 Å². The van der Waals surface area contributed by atoms with Crippen molar-refractivity contribution in [2.24, 2.45) is 11.8 Å². The second kappa shape index (κ2) is 8.71. The lowest BCUT2D eigenvalue weighted by atomic mass is 9.86. The normalized spacial score (nSPS) is 25.9. The first kappa shape index (κ1) is 22.5. The molecule has 9 heteroatoms. The second-order valence-corrected chi connectivity index (χ2v) is 8.53. The van der Waals surface area contributed by atoms with Crippen LogP contribution in [0.25, 0.3) is 0 Å². The summed E-state index contributed by atoms with van der Waals surface area (Å²) in [4.78, 5) is 27.5. The molecule has 2 aliphatic rings. The van der Waals surface area contributed by atoms with Crippen LogP contribution in [0.5, 0.6) is 0 Å². The molecule has 3 heterocycles. The Morgan fingerprint density at radius 2 is 1.91 bits per heavy atom. The van der Waals surface area contributed by atoms with Gasteiger partial charge in [-0.3, -0.25) is 14.5 Å². The maximum atomic E-state index is 13.4. The summed E-state index contributed by atoms with van der Waals surface area (Å²) in [5.74, 6) is -1.70. The Morgan fingerprint density at radius 3 is 2.56 bits per heavy atom. The summed E-state index contributed by atoms with van der Waals surface area (Å²) in [5, 5.41) is 13.1. The number of alkyl halides is 3. The molecule has 1 amide bonds. The average molecular weight is 449 g/mol. The Hall–Kier alpha value is -2.65. The van der Waals surface area contributed by atoms with E-state index in [2.05, 4.69) is 5.32 Å². The predicted molar refractivity (Wildman–Crippen MR) is 112 cm³/mol. The fraction of sp³-hybridized carbons (Fsp3) is 0.478. The summed E-state index contributed by atoms with van der Waals surface area (Å²) in [6.07, 6.45) is -5.37. The first-order valence-corrected chi connectivity index (χ1v) is 10.7. The summed E-state index contributed by atoms with van der Waals surface area (Å²) in [6, 6.07) is 12.4. The lowest BCUT2D eigenvalue weighted by Gasteiger charge is -2.38. The molecule has 2 N–H and O–H groups in total. The molecule has 0 aliphatic carbocycles. The standard InChI is InChI=1S/C23H26F3N3O3/c1-14(15-6-3-2-4-7-15)27-22(32)20-16(13-30)18-12-29-17(8-5-9-19(29)31)21(20)28(18)11-10-23(24,25)26/h2-9,14,16,18,20-21,30H,10-13H2,1H3,(H,27,32)/t14-,16-,18-,20+,21+/m1/s1. The van der Waals surface area contributed by atoms with E-state index in [0.717, 1.165) is 5.56 Å². The SMILES string of the molecule is C[C@@H](NC(=O)[C@H]1[C@H](CO)[C@H]2Cn3c(cccc3=O)[C@@H]1N2CCC(F)(F)F)c1ccccc1. The molecule has 0 unspecified atom stereocenters. The minimum atomic E-state index is -4.35. The molecule has 1 saturated heterocycles. The zero-order chi connectivity index (χ0) is 23.0. The highest BCUT2D eigenvalue weighted by Gasteiger charge is 2.56. The summed E-state index contributed by atoms with van der Waals surface area (Å²) in [5.41, 5.74) is 1.15. The number of fused-ring (bicyclic) bond motifs is 4. The van der Waals surface area contributed by atoms with Gasteiger partial charge in [0.2, 0.25) is 5.91 Å². The third-order valence-electron chi connectivity index (χ3n) is 6.66. The van der Waals surface area contributed by atoms with Crippen molar-refractivity contribution in [2.75, 3.05) is 13.2 Å². The number of halogens is 3. The smallest absolute Gasteiger partial charge is 0.390 e. The Morgan fingerprint density at radius 1 is 1.19 bits per heavy atom. The third kappa shape index (κ3) is 4.19. The van der Waals surface area contributed by atoms with Crippen LogP contribution in [-0.4, -0.2) is 45.9 Å². The van der Waals surface area contributed by atoms with Crippen molar-refractivity contribution in [1.82, 2.24) is 14.8 Å². The zero-order valence-corrected chi connectivity index (χ0v) is 17.6. The number of nitrogens with one attached hydrogen (secondary N) is 1. The van der Waals surface area contributed by atoms with E-state index < -0.39 is 36.5 Å². The second-order valence-electron chi connectivity index (χ2n) is 8.53. The number of hydrogen-bond acceptors (Lipinski definition) is 4. The quantitative estimate of drug-likeness (QED) is 0.711. The number of rotatable bonds is 6. The fourth-order valence-electron chi connectivity index (χ4n) is 5.17. The predicted octanol–water partition coefficient (Wildman–Crippen LogP) is 2.64. The molecule has 4 rings (SSSR count). The summed E-state index contributed by atoms with van der Waals surface area (Å²) >= 11 is 0. The van der Waals surface area contributed by atoms with E-state index in [4.69, 9.17) is 0 Å². The Bertz CT molecular complexity index is 1020. The van der Waals surface area contributed by atoms with Crippen LogP contribution in [0.4, 0.5) is 13.2 Å². The molecule has 2 aliphatic heterocycles. The van der Waals surface area contributed by atoms with Crippen LogP contribution in [0.15, 0.2) is 53.3 Å². The van der Waals surface area contributed by atoms with Crippen LogP contribution in [0.2, 0.25) is 0 Å². The van der Waals surface area contributed by atoms with Crippen molar-refractivity contribution in [3.63, 3.8) is 0 Å². The molecule has 1 fully saturated rings. The van der Waals surface area contributed by atoms with Gasteiger partial charge in [-0.15, -0.1) is 0 Å². The number of aromatic nitrogens is 1. The number of benzene rings is 1. The van der Waals surface area contributed by atoms with Crippen LogP contribution in [0.1, 0.15) is 36.7 Å². The minimum Gasteiger partial charge on any atom is -0.396 e.